The predicted octanol–water partition coefficient (Wildman–Crippen LogP) is 2.30. The minimum Gasteiger partial charge on any atom is -0.484 e. The van der Waals surface area contributed by atoms with Gasteiger partial charge in [-0.05, 0) is 43.3 Å². The lowest BCUT2D eigenvalue weighted by molar-refractivity contribution is -0.122. The molecule has 2 amide bonds. The number of benzene rings is 2. The quantitative estimate of drug-likeness (QED) is 0.624. The molecule has 0 saturated carbocycles. The van der Waals surface area contributed by atoms with E-state index in [9.17, 15) is 14.4 Å². The van der Waals surface area contributed by atoms with Crippen LogP contribution < -0.4 is 20.8 Å². The maximum atomic E-state index is 12.5. The van der Waals surface area contributed by atoms with E-state index in [1.54, 1.807) is 42.5 Å². The first kappa shape index (κ1) is 18.2. The first-order chi connectivity index (χ1) is 13.1. The summed E-state index contributed by atoms with van der Waals surface area (Å²) in [5.41, 5.74) is 0.889. The van der Waals surface area contributed by atoms with Crippen molar-refractivity contribution in [1.29, 1.82) is 0 Å². The molecule has 3 N–H and O–H groups in total. The number of carbonyl (C=O) groups excluding carboxylic acids is 2. The van der Waals surface area contributed by atoms with Gasteiger partial charge in [0.2, 0.25) is 5.43 Å². The highest BCUT2D eigenvalue weighted by Crippen LogP contribution is 2.16. The highest BCUT2D eigenvalue weighted by molar-refractivity contribution is 6.05. The molecule has 138 valence electrons. The number of aromatic amines is 1. The number of aromatic nitrogens is 1. The molecule has 3 aromatic rings. The van der Waals surface area contributed by atoms with Crippen molar-refractivity contribution in [3.05, 3.63) is 70.5 Å². The van der Waals surface area contributed by atoms with E-state index in [1.807, 2.05) is 13.0 Å². The molecule has 0 bridgehead atoms. The summed E-state index contributed by atoms with van der Waals surface area (Å²) < 4.78 is 5.35. The molecule has 27 heavy (non-hydrogen) atoms. The summed E-state index contributed by atoms with van der Waals surface area (Å²) in [5.74, 6) is -0.203. The number of H-pyrrole nitrogens is 1. The Bertz CT molecular complexity index is 1030. The van der Waals surface area contributed by atoms with Gasteiger partial charge in [-0.2, -0.15) is 0 Å². The maximum absolute atomic E-state index is 12.5. The van der Waals surface area contributed by atoms with Gasteiger partial charge in [-0.15, -0.1) is 0 Å². The highest BCUT2D eigenvalue weighted by atomic mass is 16.5. The largest absolute Gasteiger partial charge is 0.484 e. The van der Waals surface area contributed by atoms with Crippen LogP contribution in [0.1, 0.15) is 17.3 Å². The van der Waals surface area contributed by atoms with E-state index in [0.29, 0.717) is 28.9 Å². The van der Waals surface area contributed by atoms with E-state index < -0.39 is 5.91 Å². The average Bonchev–Trinajstić information content (AvgIpc) is 2.68. The molecule has 2 aromatic carbocycles. The molecule has 0 radical (unpaired) electrons. The van der Waals surface area contributed by atoms with Crippen molar-refractivity contribution in [2.24, 2.45) is 0 Å². The third kappa shape index (κ3) is 4.33. The van der Waals surface area contributed by atoms with Crippen LogP contribution in [0.4, 0.5) is 5.69 Å². The lowest BCUT2D eigenvalue weighted by Crippen LogP contribution is -2.28. The molecule has 0 aliphatic rings. The van der Waals surface area contributed by atoms with Crippen LogP contribution >= 0.6 is 0 Å². The van der Waals surface area contributed by atoms with Gasteiger partial charge in [-0.1, -0.05) is 12.1 Å². The number of hydrogen-bond acceptors (Lipinski definition) is 4. The number of carbonyl (C=O) groups is 2. The number of para-hydroxylation sites is 1. The van der Waals surface area contributed by atoms with Gasteiger partial charge in [0.15, 0.2) is 6.61 Å². The molecule has 1 heterocycles. The number of rotatable bonds is 6. The molecule has 0 saturated heterocycles. The second kappa shape index (κ2) is 8.18. The molecule has 0 aliphatic heterocycles. The summed E-state index contributed by atoms with van der Waals surface area (Å²) in [6.07, 6.45) is 1.41. The van der Waals surface area contributed by atoms with Crippen molar-refractivity contribution in [3.8, 4) is 5.75 Å². The van der Waals surface area contributed by atoms with E-state index in [1.165, 1.54) is 6.20 Å². The van der Waals surface area contributed by atoms with E-state index in [0.717, 1.165) is 0 Å². The molecule has 0 aliphatic carbocycles. The second-order valence-electron chi connectivity index (χ2n) is 5.80. The SMILES string of the molecule is CCNC(=O)COc1ccc(NC(=O)c2c[nH]c3ccccc3c2=O)cc1. The van der Waals surface area contributed by atoms with Crippen molar-refractivity contribution in [3.63, 3.8) is 0 Å². The van der Waals surface area contributed by atoms with Crippen molar-refractivity contribution in [2.45, 2.75) is 6.92 Å². The van der Waals surface area contributed by atoms with E-state index in [-0.39, 0.29) is 23.5 Å². The van der Waals surface area contributed by atoms with Crippen LogP contribution in [0.2, 0.25) is 0 Å². The van der Waals surface area contributed by atoms with Crippen LogP contribution in [0.5, 0.6) is 5.75 Å². The van der Waals surface area contributed by atoms with Crippen LogP contribution in [0, 0.1) is 0 Å². The number of nitrogens with one attached hydrogen (secondary N) is 3. The first-order valence-corrected chi connectivity index (χ1v) is 8.50. The van der Waals surface area contributed by atoms with Gasteiger partial charge < -0.3 is 20.4 Å². The van der Waals surface area contributed by atoms with E-state index in [4.69, 9.17) is 4.74 Å². The van der Waals surface area contributed by atoms with Gasteiger partial charge in [0, 0.05) is 29.3 Å². The lowest BCUT2D eigenvalue weighted by Gasteiger charge is -2.08. The summed E-state index contributed by atoms with van der Waals surface area (Å²) in [4.78, 5) is 39.3. The minimum absolute atomic E-state index is 0.0327. The van der Waals surface area contributed by atoms with Crippen LogP contribution in [-0.2, 0) is 4.79 Å². The molecular formula is C20H19N3O4. The lowest BCUT2D eigenvalue weighted by atomic mass is 10.1. The Kier molecular flexibility index (Phi) is 5.51. The summed E-state index contributed by atoms with van der Waals surface area (Å²) in [6.45, 7) is 2.29. The zero-order valence-electron chi connectivity index (χ0n) is 14.7. The van der Waals surface area contributed by atoms with Crippen molar-refractivity contribution in [1.82, 2.24) is 10.3 Å². The Balaban J connectivity index is 1.68. The Hall–Kier alpha value is -3.61. The fraction of sp³-hybridized carbons (Fsp3) is 0.150. The summed E-state index contributed by atoms with van der Waals surface area (Å²) in [6, 6.07) is 13.6. The fourth-order valence-corrected chi connectivity index (χ4v) is 2.57. The van der Waals surface area contributed by atoms with Gasteiger partial charge in [-0.25, -0.2) is 0 Å². The Morgan fingerprint density at radius 1 is 1.07 bits per heavy atom. The summed E-state index contributed by atoms with van der Waals surface area (Å²) >= 11 is 0. The van der Waals surface area contributed by atoms with Gasteiger partial charge in [-0.3, -0.25) is 14.4 Å². The Morgan fingerprint density at radius 3 is 2.56 bits per heavy atom. The zero-order chi connectivity index (χ0) is 19.2. The Morgan fingerprint density at radius 2 is 1.81 bits per heavy atom. The van der Waals surface area contributed by atoms with E-state index >= 15 is 0 Å². The predicted molar refractivity (Wildman–Crippen MR) is 103 cm³/mol. The van der Waals surface area contributed by atoms with Crippen LogP contribution in [0.25, 0.3) is 10.9 Å². The molecule has 7 nitrogen and oxygen atoms in total. The molecule has 0 unspecified atom stereocenters. The molecule has 3 rings (SSSR count). The van der Waals surface area contributed by atoms with Crippen LogP contribution in [-0.4, -0.2) is 29.9 Å². The number of likely N-dealkylation sites (N-methyl/N-ethyl adjacent to an activating group) is 1. The average molecular weight is 365 g/mol. The van der Waals surface area contributed by atoms with Gasteiger partial charge in [0.1, 0.15) is 11.3 Å². The van der Waals surface area contributed by atoms with Crippen LogP contribution in [0.15, 0.2) is 59.5 Å². The number of anilines is 1. The van der Waals surface area contributed by atoms with Gasteiger partial charge >= 0.3 is 0 Å². The maximum Gasteiger partial charge on any atom is 0.261 e. The number of amides is 2. The van der Waals surface area contributed by atoms with Gasteiger partial charge in [0.25, 0.3) is 11.8 Å². The zero-order valence-corrected chi connectivity index (χ0v) is 14.7. The molecule has 7 heteroatoms. The molecular weight excluding hydrogens is 346 g/mol. The number of fused-ring (bicyclic) bond motifs is 1. The fourth-order valence-electron chi connectivity index (χ4n) is 2.57. The monoisotopic (exact) mass is 365 g/mol. The topological polar surface area (TPSA) is 100 Å². The molecule has 1 aromatic heterocycles. The first-order valence-electron chi connectivity index (χ1n) is 8.50. The van der Waals surface area contributed by atoms with Crippen molar-refractivity contribution < 1.29 is 14.3 Å². The van der Waals surface area contributed by atoms with Crippen molar-refractivity contribution >= 4 is 28.4 Å². The Labute approximate surface area is 155 Å². The smallest absolute Gasteiger partial charge is 0.261 e. The summed E-state index contributed by atoms with van der Waals surface area (Å²) in [5, 5.41) is 5.78. The van der Waals surface area contributed by atoms with Gasteiger partial charge in [0.05, 0.1) is 0 Å². The standard InChI is InChI=1S/C20H19N3O4/c1-2-21-18(24)12-27-14-9-7-13(8-10-14)23-20(26)16-11-22-17-6-4-3-5-15(17)19(16)25/h3-11H,2,12H2,1H3,(H,21,24)(H,22,25)(H,23,26). The number of hydrogen-bond donors (Lipinski definition) is 3. The normalized spacial score (nSPS) is 10.4. The number of ether oxygens (including phenoxy) is 1. The second-order valence-corrected chi connectivity index (χ2v) is 5.80. The molecule has 0 fully saturated rings. The third-order valence-electron chi connectivity index (χ3n) is 3.89. The molecule has 0 atom stereocenters. The summed E-state index contributed by atoms with van der Waals surface area (Å²) in [7, 11) is 0. The van der Waals surface area contributed by atoms with Crippen molar-refractivity contribution in [2.75, 3.05) is 18.5 Å². The number of pyridine rings is 1. The van der Waals surface area contributed by atoms with E-state index in [2.05, 4.69) is 15.6 Å². The minimum atomic E-state index is -0.502. The third-order valence-corrected chi connectivity index (χ3v) is 3.89. The highest BCUT2D eigenvalue weighted by Gasteiger charge is 2.13. The van der Waals surface area contributed by atoms with Crippen LogP contribution in [0.3, 0.4) is 0 Å². The molecule has 0 spiro atoms.